The average Bonchev–Trinajstić information content (AvgIpc) is 2.59. The van der Waals surface area contributed by atoms with Crippen LogP contribution in [0.15, 0.2) is 23.3 Å². The van der Waals surface area contributed by atoms with Gasteiger partial charge in [0.2, 0.25) is 0 Å². The number of carbonyl (C=O) groups is 1. The van der Waals surface area contributed by atoms with Gasteiger partial charge in [-0.05, 0) is 74.2 Å². The molecule has 1 saturated carbocycles. The van der Waals surface area contributed by atoms with E-state index < -0.39 is 5.41 Å². The molecule has 1 saturated heterocycles. The molecule has 0 radical (unpaired) electrons. The molecule has 27 heavy (non-hydrogen) atoms. The van der Waals surface area contributed by atoms with E-state index in [0.29, 0.717) is 24.4 Å². The Kier molecular flexibility index (Phi) is 5.03. The Morgan fingerprint density at radius 2 is 2.11 bits per heavy atom. The average molecular weight is 373 g/mol. The molecule has 0 amide bonds. The lowest BCUT2D eigenvalue weighted by molar-refractivity contribution is -0.215. The summed E-state index contributed by atoms with van der Waals surface area (Å²) in [5.41, 5.74) is 2.87. The molecule has 0 N–H and O–H groups in total. The third-order valence-corrected chi connectivity index (χ3v) is 8.26. The number of hydrogen-bond acceptors (Lipinski definition) is 3. The van der Waals surface area contributed by atoms with Gasteiger partial charge in [0.05, 0.1) is 18.1 Å². The SMILES string of the molecule is CCOC(=O)[C@]1(C2CCO2)CCC[C@@]2(C)C1CC=C1C=C(C(C)C)CC[C@@H]12. The first kappa shape index (κ1) is 19.2. The highest BCUT2D eigenvalue weighted by molar-refractivity contribution is 5.79. The van der Waals surface area contributed by atoms with Crippen LogP contribution < -0.4 is 0 Å². The number of carbonyl (C=O) groups excluding carboxylic acids is 1. The maximum atomic E-state index is 13.3. The molecule has 3 heteroatoms. The fourth-order valence-electron chi connectivity index (χ4n) is 6.75. The first-order valence-electron chi connectivity index (χ1n) is 11.1. The minimum atomic E-state index is -0.439. The highest BCUT2D eigenvalue weighted by atomic mass is 16.5. The molecule has 5 atom stereocenters. The van der Waals surface area contributed by atoms with Gasteiger partial charge in [0.25, 0.3) is 0 Å². The van der Waals surface area contributed by atoms with Crippen LogP contribution in [-0.4, -0.2) is 25.3 Å². The first-order chi connectivity index (χ1) is 12.9. The molecule has 0 spiro atoms. The van der Waals surface area contributed by atoms with Gasteiger partial charge in [-0.15, -0.1) is 0 Å². The van der Waals surface area contributed by atoms with E-state index in [-0.39, 0.29) is 17.5 Å². The summed E-state index contributed by atoms with van der Waals surface area (Å²) in [6, 6.07) is 0. The van der Waals surface area contributed by atoms with Gasteiger partial charge in [-0.3, -0.25) is 4.79 Å². The highest BCUT2D eigenvalue weighted by Crippen LogP contribution is 2.64. The number of esters is 1. The van der Waals surface area contributed by atoms with Crippen LogP contribution in [0.3, 0.4) is 0 Å². The molecule has 1 aliphatic heterocycles. The topological polar surface area (TPSA) is 35.5 Å². The summed E-state index contributed by atoms with van der Waals surface area (Å²) in [5.74, 6) is 1.56. The quantitative estimate of drug-likeness (QED) is 0.615. The molecule has 2 unspecified atom stereocenters. The van der Waals surface area contributed by atoms with Crippen LogP contribution in [0.4, 0.5) is 0 Å². The van der Waals surface area contributed by atoms with Gasteiger partial charge in [0.15, 0.2) is 0 Å². The van der Waals surface area contributed by atoms with Gasteiger partial charge in [0.1, 0.15) is 0 Å². The van der Waals surface area contributed by atoms with Crippen molar-refractivity contribution in [1.82, 2.24) is 0 Å². The Bertz CT molecular complexity index is 657. The second kappa shape index (κ2) is 7.06. The summed E-state index contributed by atoms with van der Waals surface area (Å²) in [6.45, 7) is 10.3. The molecule has 4 aliphatic rings. The van der Waals surface area contributed by atoms with E-state index in [1.54, 1.807) is 5.57 Å². The molecule has 2 fully saturated rings. The summed E-state index contributed by atoms with van der Waals surface area (Å²) in [7, 11) is 0. The Hall–Kier alpha value is -1.09. The third-order valence-electron chi connectivity index (χ3n) is 8.26. The Morgan fingerprint density at radius 3 is 2.74 bits per heavy atom. The number of ether oxygens (including phenoxy) is 2. The minimum absolute atomic E-state index is 0.0108. The van der Waals surface area contributed by atoms with Crippen molar-refractivity contribution in [3.63, 3.8) is 0 Å². The Balaban J connectivity index is 1.74. The molecule has 0 bridgehead atoms. The smallest absolute Gasteiger partial charge is 0.315 e. The van der Waals surface area contributed by atoms with Crippen LogP contribution in [0, 0.1) is 28.6 Å². The fourth-order valence-corrected chi connectivity index (χ4v) is 6.75. The predicted octanol–water partition coefficient (Wildman–Crippen LogP) is 5.45. The van der Waals surface area contributed by atoms with Crippen molar-refractivity contribution >= 4 is 5.97 Å². The second-order valence-electron chi connectivity index (χ2n) is 9.73. The third kappa shape index (κ3) is 2.84. The molecule has 0 aromatic heterocycles. The lowest BCUT2D eigenvalue weighted by atomic mass is 9.45. The summed E-state index contributed by atoms with van der Waals surface area (Å²) < 4.78 is 11.7. The van der Waals surface area contributed by atoms with Crippen LogP contribution in [0.1, 0.15) is 72.6 Å². The van der Waals surface area contributed by atoms with Gasteiger partial charge in [0, 0.05) is 6.61 Å². The summed E-state index contributed by atoms with van der Waals surface area (Å²) in [4.78, 5) is 13.3. The molecule has 0 aromatic carbocycles. The lowest BCUT2D eigenvalue weighted by Gasteiger charge is -2.60. The largest absolute Gasteiger partial charge is 0.465 e. The zero-order chi connectivity index (χ0) is 19.2. The Labute approximate surface area is 164 Å². The molecule has 0 aromatic rings. The maximum Gasteiger partial charge on any atom is 0.315 e. The normalized spacial score (nSPS) is 41.0. The summed E-state index contributed by atoms with van der Waals surface area (Å²) in [5, 5.41) is 0. The number of rotatable bonds is 4. The number of fused-ring (bicyclic) bond motifs is 3. The van der Waals surface area contributed by atoms with Gasteiger partial charge in [-0.1, -0.05) is 44.9 Å². The minimum Gasteiger partial charge on any atom is -0.465 e. The predicted molar refractivity (Wildman–Crippen MR) is 107 cm³/mol. The molecule has 3 aliphatic carbocycles. The molecular weight excluding hydrogens is 336 g/mol. The van der Waals surface area contributed by atoms with Crippen molar-refractivity contribution in [3.05, 3.63) is 23.3 Å². The maximum absolute atomic E-state index is 13.3. The van der Waals surface area contributed by atoms with Crippen molar-refractivity contribution in [2.45, 2.75) is 78.7 Å². The number of allylic oxidation sites excluding steroid dienone is 4. The molecule has 150 valence electrons. The summed E-state index contributed by atoms with van der Waals surface area (Å²) >= 11 is 0. The van der Waals surface area contributed by atoms with Crippen molar-refractivity contribution in [1.29, 1.82) is 0 Å². The van der Waals surface area contributed by atoms with Crippen molar-refractivity contribution < 1.29 is 14.3 Å². The van der Waals surface area contributed by atoms with E-state index in [1.165, 1.54) is 24.8 Å². The van der Waals surface area contributed by atoms with Crippen LogP contribution in [0.2, 0.25) is 0 Å². The zero-order valence-electron chi connectivity index (χ0n) is 17.6. The highest BCUT2D eigenvalue weighted by Gasteiger charge is 2.64. The Morgan fingerprint density at radius 1 is 1.33 bits per heavy atom. The van der Waals surface area contributed by atoms with Gasteiger partial charge < -0.3 is 9.47 Å². The first-order valence-corrected chi connectivity index (χ1v) is 11.1. The van der Waals surface area contributed by atoms with E-state index in [9.17, 15) is 4.79 Å². The summed E-state index contributed by atoms with van der Waals surface area (Å²) in [6.07, 6.45) is 12.7. The van der Waals surface area contributed by atoms with E-state index in [2.05, 4.69) is 32.9 Å². The molecule has 4 rings (SSSR count). The van der Waals surface area contributed by atoms with E-state index in [4.69, 9.17) is 9.47 Å². The second-order valence-corrected chi connectivity index (χ2v) is 9.73. The number of hydrogen-bond donors (Lipinski definition) is 0. The van der Waals surface area contributed by atoms with Gasteiger partial charge in [-0.25, -0.2) is 0 Å². The molecular formula is C24H36O3. The standard InChI is InChI=1S/C24H36O3/c1-5-26-22(25)24(21-11-14-27-21)13-6-12-23(4)19-9-7-17(16(2)3)15-18(19)8-10-20(23)24/h8,15-16,19-21H,5-7,9-14H2,1-4H3/t19-,20?,21?,23+,24+/m0/s1. The van der Waals surface area contributed by atoms with Crippen molar-refractivity contribution in [3.8, 4) is 0 Å². The zero-order valence-corrected chi connectivity index (χ0v) is 17.6. The van der Waals surface area contributed by atoms with Crippen LogP contribution in [-0.2, 0) is 14.3 Å². The van der Waals surface area contributed by atoms with Gasteiger partial charge >= 0.3 is 5.97 Å². The monoisotopic (exact) mass is 372 g/mol. The van der Waals surface area contributed by atoms with Crippen LogP contribution >= 0.6 is 0 Å². The van der Waals surface area contributed by atoms with Crippen molar-refractivity contribution in [2.75, 3.05) is 13.2 Å². The van der Waals surface area contributed by atoms with E-state index >= 15 is 0 Å². The molecule has 1 heterocycles. The fraction of sp³-hybridized carbons (Fsp3) is 0.792. The van der Waals surface area contributed by atoms with E-state index in [0.717, 1.165) is 32.3 Å². The van der Waals surface area contributed by atoms with Crippen LogP contribution in [0.25, 0.3) is 0 Å². The van der Waals surface area contributed by atoms with Crippen LogP contribution in [0.5, 0.6) is 0 Å². The van der Waals surface area contributed by atoms with Gasteiger partial charge in [-0.2, -0.15) is 0 Å². The van der Waals surface area contributed by atoms with E-state index in [1.807, 2.05) is 6.92 Å². The van der Waals surface area contributed by atoms with Crippen molar-refractivity contribution in [2.24, 2.45) is 28.6 Å². The molecule has 3 nitrogen and oxygen atoms in total. The lowest BCUT2D eigenvalue weighted by Crippen LogP contribution is -2.62.